The van der Waals surface area contributed by atoms with Gasteiger partial charge in [0.25, 0.3) is 0 Å². The summed E-state index contributed by atoms with van der Waals surface area (Å²) in [4.78, 5) is 0. The third kappa shape index (κ3) is 3.60. The van der Waals surface area contributed by atoms with Crippen molar-refractivity contribution in [1.29, 1.82) is 0 Å². The Hall–Kier alpha value is -1.28. The number of aryl methyl sites for hydroxylation is 1. The molecule has 1 nitrogen and oxygen atoms in total. The van der Waals surface area contributed by atoms with Crippen LogP contribution >= 0.6 is 15.9 Å². The van der Waals surface area contributed by atoms with Crippen molar-refractivity contribution in [3.05, 3.63) is 59.2 Å². The Balaban J connectivity index is 2.16. The van der Waals surface area contributed by atoms with Gasteiger partial charge in [0, 0.05) is 5.33 Å². The number of alkyl halides is 1. The van der Waals surface area contributed by atoms with Crippen molar-refractivity contribution in [3.8, 4) is 11.5 Å². The number of ether oxygens (including phenoxy) is 1. The zero-order valence-corrected chi connectivity index (χ0v) is 13.2. The molecule has 0 saturated carbocycles. The lowest BCUT2D eigenvalue weighted by atomic mass is 9.98. The summed E-state index contributed by atoms with van der Waals surface area (Å²) in [5.74, 6) is 2.32. The van der Waals surface area contributed by atoms with Crippen LogP contribution in [-0.4, -0.2) is 0 Å². The normalized spacial score (nSPS) is 10.8. The number of benzene rings is 2. The van der Waals surface area contributed by atoms with Crippen LogP contribution in [0.1, 0.15) is 36.5 Å². The third-order valence-electron chi connectivity index (χ3n) is 3.18. The number of rotatable bonds is 4. The molecule has 19 heavy (non-hydrogen) atoms. The molecular formula is C17H19BrO. The van der Waals surface area contributed by atoms with Crippen LogP contribution in [0.2, 0.25) is 0 Å². The lowest BCUT2D eigenvalue weighted by Gasteiger charge is -2.12. The monoisotopic (exact) mass is 318 g/mol. The first-order valence-electron chi connectivity index (χ1n) is 6.53. The quantitative estimate of drug-likeness (QED) is 0.647. The minimum atomic E-state index is 0.548. The van der Waals surface area contributed by atoms with Gasteiger partial charge in [0.05, 0.1) is 0 Å². The fraction of sp³-hybridized carbons (Fsp3) is 0.294. The molecule has 0 radical (unpaired) electrons. The van der Waals surface area contributed by atoms with Crippen molar-refractivity contribution in [3.63, 3.8) is 0 Å². The van der Waals surface area contributed by atoms with E-state index in [1.54, 1.807) is 0 Å². The van der Waals surface area contributed by atoms with Crippen LogP contribution in [0.3, 0.4) is 0 Å². The van der Waals surface area contributed by atoms with E-state index in [9.17, 15) is 0 Å². The van der Waals surface area contributed by atoms with Gasteiger partial charge in [-0.3, -0.25) is 0 Å². The summed E-state index contributed by atoms with van der Waals surface area (Å²) in [7, 11) is 0. The molecule has 100 valence electrons. The Bertz CT molecular complexity index is 544. The third-order valence-corrected chi connectivity index (χ3v) is 3.82. The Labute approximate surface area is 123 Å². The standard InChI is InChI=1S/C17H19BrO/c1-12(2)17-9-8-16(10-13(17)3)19-15-6-4-14(11-18)5-7-15/h4-10,12H,11H2,1-3H3. The minimum absolute atomic E-state index is 0.548. The molecule has 2 aromatic carbocycles. The van der Waals surface area contributed by atoms with E-state index in [0.717, 1.165) is 16.8 Å². The predicted octanol–water partition coefficient (Wildman–Crippen LogP) is 5.81. The van der Waals surface area contributed by atoms with E-state index >= 15 is 0 Å². The number of halogens is 1. The molecule has 0 aromatic heterocycles. The van der Waals surface area contributed by atoms with Crippen molar-refractivity contribution < 1.29 is 4.74 Å². The molecule has 2 rings (SSSR count). The summed E-state index contributed by atoms with van der Waals surface area (Å²) >= 11 is 3.44. The maximum Gasteiger partial charge on any atom is 0.127 e. The number of hydrogen-bond acceptors (Lipinski definition) is 1. The van der Waals surface area contributed by atoms with Gasteiger partial charge in [-0.05, 0) is 53.8 Å². The van der Waals surface area contributed by atoms with Crippen molar-refractivity contribution >= 4 is 15.9 Å². The maximum absolute atomic E-state index is 5.88. The molecule has 2 aromatic rings. The molecule has 0 fully saturated rings. The second-order valence-electron chi connectivity index (χ2n) is 5.05. The highest BCUT2D eigenvalue weighted by Crippen LogP contribution is 2.27. The average Bonchev–Trinajstić information content (AvgIpc) is 2.39. The topological polar surface area (TPSA) is 9.23 Å². The summed E-state index contributed by atoms with van der Waals surface area (Å²) < 4.78 is 5.88. The van der Waals surface area contributed by atoms with Crippen LogP contribution in [0.15, 0.2) is 42.5 Å². The molecule has 2 heteroatoms. The van der Waals surface area contributed by atoms with Gasteiger partial charge in [0.2, 0.25) is 0 Å². The number of hydrogen-bond donors (Lipinski definition) is 0. The first kappa shape index (κ1) is 14.1. The molecule has 0 heterocycles. The average molecular weight is 319 g/mol. The summed E-state index contributed by atoms with van der Waals surface area (Å²) in [6, 6.07) is 14.4. The second-order valence-corrected chi connectivity index (χ2v) is 5.61. The van der Waals surface area contributed by atoms with Gasteiger partial charge >= 0.3 is 0 Å². The highest BCUT2D eigenvalue weighted by Gasteiger charge is 2.05. The van der Waals surface area contributed by atoms with Gasteiger partial charge in [-0.25, -0.2) is 0 Å². The molecule has 0 N–H and O–H groups in total. The van der Waals surface area contributed by atoms with Crippen LogP contribution in [0.4, 0.5) is 0 Å². The zero-order chi connectivity index (χ0) is 13.8. The molecule has 0 bridgehead atoms. The molecular weight excluding hydrogens is 300 g/mol. The molecule has 0 aliphatic rings. The zero-order valence-electron chi connectivity index (χ0n) is 11.6. The van der Waals surface area contributed by atoms with E-state index in [1.807, 2.05) is 18.2 Å². The fourth-order valence-electron chi connectivity index (χ4n) is 2.14. The van der Waals surface area contributed by atoms with Crippen molar-refractivity contribution in [1.82, 2.24) is 0 Å². The summed E-state index contributed by atoms with van der Waals surface area (Å²) in [5, 5.41) is 0.871. The van der Waals surface area contributed by atoms with Gasteiger partial charge in [-0.15, -0.1) is 0 Å². The van der Waals surface area contributed by atoms with Crippen molar-refractivity contribution in [2.75, 3.05) is 0 Å². The van der Waals surface area contributed by atoms with Crippen LogP contribution in [0.5, 0.6) is 11.5 Å². The van der Waals surface area contributed by atoms with Gasteiger partial charge < -0.3 is 4.74 Å². The van der Waals surface area contributed by atoms with Crippen LogP contribution in [0.25, 0.3) is 0 Å². The van der Waals surface area contributed by atoms with Gasteiger partial charge in [0.15, 0.2) is 0 Å². The van der Waals surface area contributed by atoms with E-state index in [0.29, 0.717) is 5.92 Å². The van der Waals surface area contributed by atoms with E-state index in [-0.39, 0.29) is 0 Å². The Morgan fingerprint density at radius 1 is 1.00 bits per heavy atom. The first-order valence-corrected chi connectivity index (χ1v) is 7.65. The Kier molecular flexibility index (Phi) is 4.65. The molecule has 0 amide bonds. The lowest BCUT2D eigenvalue weighted by molar-refractivity contribution is 0.481. The second kappa shape index (κ2) is 6.25. The predicted molar refractivity (Wildman–Crippen MR) is 84.4 cm³/mol. The highest BCUT2D eigenvalue weighted by molar-refractivity contribution is 9.08. The van der Waals surface area contributed by atoms with Crippen LogP contribution < -0.4 is 4.74 Å². The largest absolute Gasteiger partial charge is 0.457 e. The minimum Gasteiger partial charge on any atom is -0.457 e. The maximum atomic E-state index is 5.88. The van der Waals surface area contributed by atoms with Gasteiger partial charge in [0.1, 0.15) is 11.5 Å². The SMILES string of the molecule is Cc1cc(Oc2ccc(CBr)cc2)ccc1C(C)C. The van der Waals surface area contributed by atoms with Crippen LogP contribution in [0, 0.1) is 6.92 Å². The molecule has 0 spiro atoms. The summed E-state index contributed by atoms with van der Waals surface area (Å²) in [6.07, 6.45) is 0. The first-order chi connectivity index (χ1) is 9.10. The summed E-state index contributed by atoms with van der Waals surface area (Å²) in [6.45, 7) is 6.56. The van der Waals surface area contributed by atoms with E-state index in [2.05, 4.69) is 61.0 Å². The van der Waals surface area contributed by atoms with Crippen LogP contribution in [-0.2, 0) is 5.33 Å². The molecule has 0 saturated heterocycles. The smallest absolute Gasteiger partial charge is 0.127 e. The van der Waals surface area contributed by atoms with E-state index in [1.165, 1.54) is 16.7 Å². The van der Waals surface area contributed by atoms with E-state index in [4.69, 9.17) is 4.74 Å². The van der Waals surface area contributed by atoms with Crippen molar-refractivity contribution in [2.45, 2.75) is 32.0 Å². The Morgan fingerprint density at radius 2 is 1.63 bits per heavy atom. The molecule has 0 atom stereocenters. The molecule has 0 aliphatic heterocycles. The molecule has 0 aliphatic carbocycles. The Morgan fingerprint density at radius 3 is 2.16 bits per heavy atom. The van der Waals surface area contributed by atoms with Crippen molar-refractivity contribution in [2.24, 2.45) is 0 Å². The van der Waals surface area contributed by atoms with Gasteiger partial charge in [-0.2, -0.15) is 0 Å². The highest BCUT2D eigenvalue weighted by atomic mass is 79.9. The summed E-state index contributed by atoms with van der Waals surface area (Å²) in [5.41, 5.74) is 3.91. The van der Waals surface area contributed by atoms with E-state index < -0.39 is 0 Å². The fourth-order valence-corrected chi connectivity index (χ4v) is 2.52. The lowest BCUT2D eigenvalue weighted by Crippen LogP contribution is -1.93. The molecule has 0 unspecified atom stereocenters. The van der Waals surface area contributed by atoms with Gasteiger partial charge in [-0.1, -0.05) is 48.0 Å².